The van der Waals surface area contributed by atoms with Crippen LogP contribution in [0, 0.1) is 13.8 Å². The molecule has 0 aliphatic rings. The quantitative estimate of drug-likeness (QED) is 0.639. The van der Waals surface area contributed by atoms with E-state index in [9.17, 15) is 4.79 Å². The average molecular weight is 362 g/mol. The van der Waals surface area contributed by atoms with Crippen LogP contribution in [0.1, 0.15) is 27.2 Å². The molecule has 3 aromatic rings. The molecule has 2 N–H and O–H groups in total. The van der Waals surface area contributed by atoms with E-state index < -0.39 is 0 Å². The van der Waals surface area contributed by atoms with Crippen LogP contribution in [-0.4, -0.2) is 23.0 Å². The number of hydrogen-bond donors (Lipinski definition) is 2. The maximum Gasteiger partial charge on any atom is 0.337 e. The molecule has 0 saturated heterocycles. The number of carbonyl (C=O) groups is 1. The van der Waals surface area contributed by atoms with Gasteiger partial charge < -0.3 is 15.4 Å². The Bertz CT molecular complexity index is 956. The normalized spacial score (nSPS) is 10.3. The number of nitrogens with one attached hydrogen (secondary N) is 2. The Balaban J connectivity index is 1.75. The molecule has 0 amide bonds. The molecule has 138 valence electrons. The Morgan fingerprint density at radius 3 is 2.63 bits per heavy atom. The fourth-order valence-corrected chi connectivity index (χ4v) is 2.68. The van der Waals surface area contributed by atoms with E-state index in [4.69, 9.17) is 4.74 Å². The van der Waals surface area contributed by atoms with Gasteiger partial charge in [0.1, 0.15) is 5.82 Å². The lowest BCUT2D eigenvalue weighted by molar-refractivity contribution is 0.0601. The molecule has 0 spiro atoms. The van der Waals surface area contributed by atoms with Gasteiger partial charge in [0.25, 0.3) is 0 Å². The number of anilines is 3. The molecule has 2 aromatic carbocycles. The molecule has 6 heteroatoms. The van der Waals surface area contributed by atoms with Gasteiger partial charge >= 0.3 is 5.97 Å². The predicted octanol–water partition coefficient (Wildman–Crippen LogP) is 4.24. The van der Waals surface area contributed by atoms with Crippen molar-refractivity contribution in [3.8, 4) is 0 Å². The highest BCUT2D eigenvalue weighted by Crippen LogP contribution is 2.18. The topological polar surface area (TPSA) is 76.1 Å². The van der Waals surface area contributed by atoms with Crippen LogP contribution in [-0.2, 0) is 11.3 Å². The van der Waals surface area contributed by atoms with Crippen molar-refractivity contribution in [3.63, 3.8) is 0 Å². The number of rotatable bonds is 6. The molecule has 1 aromatic heterocycles. The Labute approximate surface area is 158 Å². The van der Waals surface area contributed by atoms with E-state index in [0.717, 1.165) is 11.5 Å². The molecule has 6 nitrogen and oxygen atoms in total. The molecule has 0 aliphatic carbocycles. The minimum atomic E-state index is -0.385. The first kappa shape index (κ1) is 18.4. The van der Waals surface area contributed by atoms with Crippen molar-refractivity contribution >= 4 is 23.4 Å². The number of methoxy groups -OCH3 is 1. The molecule has 0 bridgehead atoms. The van der Waals surface area contributed by atoms with Crippen LogP contribution in [0.25, 0.3) is 0 Å². The van der Waals surface area contributed by atoms with Crippen LogP contribution in [0.3, 0.4) is 0 Å². The summed E-state index contributed by atoms with van der Waals surface area (Å²) >= 11 is 0. The van der Waals surface area contributed by atoms with E-state index in [-0.39, 0.29) is 5.97 Å². The zero-order valence-electron chi connectivity index (χ0n) is 15.6. The average Bonchev–Trinajstić information content (AvgIpc) is 2.66. The lowest BCUT2D eigenvalue weighted by atomic mass is 10.1. The van der Waals surface area contributed by atoms with E-state index in [1.54, 1.807) is 18.2 Å². The fourth-order valence-electron chi connectivity index (χ4n) is 2.68. The van der Waals surface area contributed by atoms with E-state index in [1.807, 2.05) is 31.2 Å². The van der Waals surface area contributed by atoms with E-state index >= 15 is 0 Å². The Morgan fingerprint density at radius 1 is 1.04 bits per heavy atom. The van der Waals surface area contributed by atoms with Gasteiger partial charge in [-0.3, -0.25) is 0 Å². The maximum atomic E-state index is 11.7. The number of esters is 1. The molecule has 0 saturated carbocycles. The highest BCUT2D eigenvalue weighted by atomic mass is 16.5. The maximum absolute atomic E-state index is 11.7. The molecule has 0 aliphatic heterocycles. The monoisotopic (exact) mass is 362 g/mol. The van der Waals surface area contributed by atoms with Crippen LogP contribution in [0.15, 0.2) is 54.6 Å². The van der Waals surface area contributed by atoms with E-state index in [1.165, 1.54) is 18.2 Å². The van der Waals surface area contributed by atoms with Crippen LogP contribution in [0.4, 0.5) is 17.5 Å². The third kappa shape index (κ3) is 4.82. The molecular formula is C21H22N4O2. The van der Waals surface area contributed by atoms with Gasteiger partial charge in [0.05, 0.1) is 12.7 Å². The zero-order valence-corrected chi connectivity index (χ0v) is 15.6. The highest BCUT2D eigenvalue weighted by molar-refractivity contribution is 5.90. The molecule has 0 radical (unpaired) electrons. The van der Waals surface area contributed by atoms with Gasteiger partial charge in [-0.2, -0.15) is 4.98 Å². The summed E-state index contributed by atoms with van der Waals surface area (Å²) < 4.78 is 4.76. The number of aryl methyl sites for hydroxylation is 2. The van der Waals surface area contributed by atoms with Crippen molar-refractivity contribution in [2.45, 2.75) is 20.4 Å². The lowest BCUT2D eigenvalue weighted by Crippen LogP contribution is -2.07. The SMILES string of the molecule is COC(=O)c1cccc(Nc2nc(C)cc(NCc3ccccc3C)n2)c1. The van der Waals surface area contributed by atoms with Crippen molar-refractivity contribution in [3.05, 3.63) is 77.0 Å². The van der Waals surface area contributed by atoms with Crippen molar-refractivity contribution in [1.82, 2.24) is 9.97 Å². The second-order valence-electron chi connectivity index (χ2n) is 6.20. The Morgan fingerprint density at radius 2 is 1.85 bits per heavy atom. The van der Waals surface area contributed by atoms with Gasteiger partial charge in [0, 0.05) is 24.0 Å². The number of nitrogens with zero attached hydrogens (tertiary/aromatic N) is 2. The summed E-state index contributed by atoms with van der Waals surface area (Å²) in [7, 11) is 1.36. The molecule has 0 fully saturated rings. The number of aromatic nitrogens is 2. The van der Waals surface area contributed by atoms with Crippen LogP contribution in [0.2, 0.25) is 0 Å². The summed E-state index contributed by atoms with van der Waals surface area (Å²) in [5, 5.41) is 6.49. The molecule has 0 unspecified atom stereocenters. The summed E-state index contributed by atoms with van der Waals surface area (Å²) in [5.41, 5.74) is 4.47. The molecule has 27 heavy (non-hydrogen) atoms. The van der Waals surface area contributed by atoms with E-state index in [2.05, 4.69) is 39.7 Å². The first-order valence-corrected chi connectivity index (χ1v) is 8.64. The third-order valence-electron chi connectivity index (χ3n) is 4.12. The van der Waals surface area contributed by atoms with Crippen molar-refractivity contribution in [2.75, 3.05) is 17.7 Å². The Hall–Kier alpha value is -3.41. The lowest BCUT2D eigenvalue weighted by Gasteiger charge is -2.11. The van der Waals surface area contributed by atoms with Gasteiger partial charge in [-0.1, -0.05) is 30.3 Å². The molecule has 3 rings (SSSR count). The van der Waals surface area contributed by atoms with Gasteiger partial charge in [-0.15, -0.1) is 0 Å². The van der Waals surface area contributed by atoms with Gasteiger partial charge in [-0.25, -0.2) is 9.78 Å². The summed E-state index contributed by atoms with van der Waals surface area (Å²) in [5.74, 6) is 0.811. The molecule has 0 atom stereocenters. The number of hydrogen-bond acceptors (Lipinski definition) is 6. The zero-order chi connectivity index (χ0) is 19.2. The molecular weight excluding hydrogens is 340 g/mol. The van der Waals surface area contributed by atoms with Crippen molar-refractivity contribution in [2.24, 2.45) is 0 Å². The van der Waals surface area contributed by atoms with Crippen LogP contribution < -0.4 is 10.6 Å². The first-order valence-electron chi connectivity index (χ1n) is 8.64. The smallest absolute Gasteiger partial charge is 0.337 e. The van der Waals surface area contributed by atoms with Gasteiger partial charge in [0.2, 0.25) is 5.95 Å². The fraction of sp³-hybridized carbons (Fsp3) is 0.190. The van der Waals surface area contributed by atoms with Gasteiger partial charge in [0.15, 0.2) is 0 Å². The number of carbonyl (C=O) groups excluding carboxylic acids is 1. The Kier molecular flexibility index (Phi) is 5.66. The van der Waals surface area contributed by atoms with Crippen molar-refractivity contribution < 1.29 is 9.53 Å². The summed E-state index contributed by atoms with van der Waals surface area (Å²) in [6.07, 6.45) is 0. The second kappa shape index (κ2) is 8.31. The summed E-state index contributed by atoms with van der Waals surface area (Å²) in [4.78, 5) is 20.6. The van der Waals surface area contributed by atoms with E-state index in [0.29, 0.717) is 23.7 Å². The minimum absolute atomic E-state index is 0.385. The second-order valence-corrected chi connectivity index (χ2v) is 6.20. The minimum Gasteiger partial charge on any atom is -0.465 e. The summed E-state index contributed by atoms with van der Waals surface area (Å²) in [6, 6.07) is 17.2. The largest absolute Gasteiger partial charge is 0.465 e. The predicted molar refractivity (Wildman–Crippen MR) is 106 cm³/mol. The standard InChI is InChI=1S/C21H22N4O2/c1-14-7-4-5-8-17(14)13-22-19-11-15(2)23-21(25-19)24-18-10-6-9-16(12-18)20(26)27-3/h4-12H,13H2,1-3H3,(H2,22,23,24,25). The van der Waals surface area contributed by atoms with Crippen LogP contribution in [0.5, 0.6) is 0 Å². The third-order valence-corrected chi connectivity index (χ3v) is 4.12. The summed E-state index contributed by atoms with van der Waals surface area (Å²) in [6.45, 7) is 4.68. The molecule has 1 heterocycles. The van der Waals surface area contributed by atoms with Gasteiger partial charge in [-0.05, 0) is 43.2 Å². The van der Waals surface area contributed by atoms with Crippen molar-refractivity contribution in [1.29, 1.82) is 0 Å². The number of benzene rings is 2. The highest BCUT2D eigenvalue weighted by Gasteiger charge is 2.08. The first-order chi connectivity index (χ1) is 13.0. The number of ether oxygens (including phenoxy) is 1. The van der Waals surface area contributed by atoms with Crippen LogP contribution >= 0.6 is 0 Å².